The van der Waals surface area contributed by atoms with E-state index in [4.69, 9.17) is 4.42 Å². The molecule has 7 nitrogen and oxygen atoms in total. The van der Waals surface area contributed by atoms with E-state index in [0.717, 1.165) is 24.2 Å². The van der Waals surface area contributed by atoms with Crippen LogP contribution >= 0.6 is 11.3 Å². The molecule has 1 saturated heterocycles. The van der Waals surface area contributed by atoms with Crippen LogP contribution in [0.5, 0.6) is 0 Å². The maximum Gasteiger partial charge on any atom is 0.257 e. The SMILES string of the molecule is O=S(=O)(c1ccc(-c2nnc(C3CC3)o2)s1)N1CCN(c2ccccc2F)CC1. The van der Waals surface area contributed by atoms with E-state index in [1.54, 1.807) is 30.3 Å². The minimum absolute atomic E-state index is 0.248. The third-order valence-corrected chi connectivity index (χ3v) is 8.62. The summed E-state index contributed by atoms with van der Waals surface area (Å²) < 4.78 is 47.5. The van der Waals surface area contributed by atoms with Crippen molar-refractivity contribution in [2.75, 3.05) is 31.1 Å². The van der Waals surface area contributed by atoms with Gasteiger partial charge < -0.3 is 9.32 Å². The van der Waals surface area contributed by atoms with Crippen molar-refractivity contribution >= 4 is 27.0 Å². The van der Waals surface area contributed by atoms with Crippen molar-refractivity contribution in [1.82, 2.24) is 14.5 Å². The van der Waals surface area contributed by atoms with E-state index >= 15 is 0 Å². The van der Waals surface area contributed by atoms with E-state index < -0.39 is 10.0 Å². The maximum absolute atomic E-state index is 14.0. The van der Waals surface area contributed by atoms with Crippen LogP contribution in [-0.4, -0.2) is 49.1 Å². The Morgan fingerprint density at radius 2 is 1.79 bits per heavy atom. The Morgan fingerprint density at radius 1 is 1.03 bits per heavy atom. The lowest BCUT2D eigenvalue weighted by Crippen LogP contribution is -2.48. The molecule has 1 aromatic carbocycles. The van der Waals surface area contributed by atoms with Crippen molar-refractivity contribution in [3.8, 4) is 10.8 Å². The number of anilines is 1. The van der Waals surface area contributed by atoms with E-state index in [2.05, 4.69) is 10.2 Å². The van der Waals surface area contributed by atoms with Crippen molar-refractivity contribution in [2.45, 2.75) is 23.0 Å². The first-order valence-corrected chi connectivity index (χ1v) is 11.7. The van der Waals surface area contributed by atoms with E-state index in [9.17, 15) is 12.8 Å². The summed E-state index contributed by atoms with van der Waals surface area (Å²) in [6.07, 6.45) is 2.12. The lowest BCUT2D eigenvalue weighted by Gasteiger charge is -2.35. The molecule has 1 saturated carbocycles. The minimum atomic E-state index is -3.62. The van der Waals surface area contributed by atoms with Gasteiger partial charge in [0.15, 0.2) is 0 Å². The molecule has 0 bridgehead atoms. The molecule has 0 amide bonds. The molecule has 0 N–H and O–H groups in total. The highest BCUT2D eigenvalue weighted by molar-refractivity contribution is 7.91. The number of hydrogen-bond donors (Lipinski definition) is 0. The second-order valence-corrected chi connectivity index (χ2v) is 10.4. The third kappa shape index (κ3) is 3.56. The van der Waals surface area contributed by atoms with Gasteiger partial charge in [0, 0.05) is 32.1 Å². The monoisotopic (exact) mass is 434 g/mol. The molecule has 0 radical (unpaired) electrons. The summed E-state index contributed by atoms with van der Waals surface area (Å²) in [5, 5.41) is 8.10. The van der Waals surface area contributed by atoms with Crippen molar-refractivity contribution in [2.24, 2.45) is 0 Å². The molecule has 10 heteroatoms. The van der Waals surface area contributed by atoms with Crippen molar-refractivity contribution in [3.63, 3.8) is 0 Å². The number of hydrogen-bond acceptors (Lipinski definition) is 7. The number of piperazine rings is 1. The molecule has 0 unspecified atom stereocenters. The molecule has 152 valence electrons. The van der Waals surface area contributed by atoms with Gasteiger partial charge in [-0.05, 0) is 37.1 Å². The molecule has 1 aliphatic heterocycles. The first kappa shape index (κ1) is 18.7. The largest absolute Gasteiger partial charge is 0.420 e. The number of rotatable bonds is 5. The maximum atomic E-state index is 14.0. The number of benzene rings is 1. The van der Waals surface area contributed by atoms with E-state index in [-0.39, 0.29) is 10.0 Å². The zero-order valence-electron chi connectivity index (χ0n) is 15.5. The second-order valence-electron chi connectivity index (χ2n) is 7.18. The molecule has 0 atom stereocenters. The van der Waals surface area contributed by atoms with Gasteiger partial charge in [-0.15, -0.1) is 21.5 Å². The van der Waals surface area contributed by atoms with Crippen LogP contribution in [0.2, 0.25) is 0 Å². The Balaban J connectivity index is 1.30. The Kier molecular flexibility index (Phi) is 4.64. The predicted molar refractivity (Wildman–Crippen MR) is 107 cm³/mol. The molecule has 2 fully saturated rings. The third-order valence-electron chi connectivity index (χ3n) is 5.19. The van der Waals surface area contributed by atoms with Gasteiger partial charge in [-0.25, -0.2) is 12.8 Å². The van der Waals surface area contributed by atoms with Crippen molar-refractivity contribution < 1.29 is 17.2 Å². The number of aromatic nitrogens is 2. The Labute approximate surface area is 171 Å². The summed E-state index contributed by atoms with van der Waals surface area (Å²) in [7, 11) is -3.62. The fraction of sp³-hybridized carbons (Fsp3) is 0.368. The van der Waals surface area contributed by atoms with Gasteiger partial charge in [0.1, 0.15) is 10.0 Å². The number of para-hydroxylation sites is 1. The minimum Gasteiger partial charge on any atom is -0.420 e. The molecule has 2 aromatic heterocycles. The summed E-state index contributed by atoms with van der Waals surface area (Å²) in [4.78, 5) is 2.52. The highest BCUT2D eigenvalue weighted by Gasteiger charge is 2.32. The highest BCUT2D eigenvalue weighted by Crippen LogP contribution is 2.41. The topological polar surface area (TPSA) is 79.5 Å². The fourth-order valence-corrected chi connectivity index (χ4v) is 6.21. The molecular weight excluding hydrogens is 415 g/mol. The smallest absolute Gasteiger partial charge is 0.257 e. The van der Waals surface area contributed by atoms with Gasteiger partial charge in [0.2, 0.25) is 5.89 Å². The van der Waals surface area contributed by atoms with Crippen LogP contribution in [0.1, 0.15) is 24.7 Å². The number of nitrogens with zero attached hydrogens (tertiary/aromatic N) is 4. The van der Waals surface area contributed by atoms with Gasteiger partial charge >= 0.3 is 0 Å². The van der Waals surface area contributed by atoms with Crippen LogP contribution in [-0.2, 0) is 10.0 Å². The molecule has 5 rings (SSSR count). The zero-order chi connectivity index (χ0) is 20.0. The van der Waals surface area contributed by atoms with Gasteiger partial charge in [-0.1, -0.05) is 12.1 Å². The van der Waals surface area contributed by atoms with Crippen molar-refractivity contribution in [3.05, 3.63) is 48.1 Å². The molecule has 3 aromatic rings. The van der Waals surface area contributed by atoms with Gasteiger partial charge in [0.25, 0.3) is 15.9 Å². The van der Waals surface area contributed by atoms with Crippen molar-refractivity contribution in [1.29, 1.82) is 0 Å². The Hall–Kier alpha value is -2.30. The first-order valence-electron chi connectivity index (χ1n) is 9.45. The molecule has 29 heavy (non-hydrogen) atoms. The quantitative estimate of drug-likeness (QED) is 0.613. The van der Waals surface area contributed by atoms with E-state index in [1.807, 2.05) is 4.90 Å². The van der Waals surface area contributed by atoms with Crippen LogP contribution in [0.25, 0.3) is 10.8 Å². The Bertz CT molecular complexity index is 1130. The van der Waals surface area contributed by atoms with Crippen LogP contribution in [0.3, 0.4) is 0 Å². The molecular formula is C19H19FN4O3S2. The lowest BCUT2D eigenvalue weighted by molar-refractivity contribution is 0.384. The first-order chi connectivity index (χ1) is 14.0. The molecule has 1 aliphatic carbocycles. The average Bonchev–Trinajstić information content (AvgIpc) is 3.25. The van der Waals surface area contributed by atoms with Crippen LogP contribution in [0, 0.1) is 5.82 Å². The molecule has 2 aliphatic rings. The van der Waals surface area contributed by atoms with Gasteiger partial charge in [-0.3, -0.25) is 0 Å². The summed E-state index contributed by atoms with van der Waals surface area (Å²) in [5.74, 6) is 1.05. The van der Waals surface area contributed by atoms with Gasteiger partial charge in [-0.2, -0.15) is 4.31 Å². The van der Waals surface area contributed by atoms with Crippen LogP contribution < -0.4 is 4.90 Å². The van der Waals surface area contributed by atoms with Crippen LogP contribution in [0.4, 0.5) is 10.1 Å². The molecule has 0 spiro atoms. The van der Waals surface area contributed by atoms with Gasteiger partial charge in [0.05, 0.1) is 10.6 Å². The number of sulfonamides is 1. The number of halogens is 1. The standard InChI is InChI=1S/C19H19FN4O3S2/c20-14-3-1-2-4-15(14)23-9-11-24(12-10-23)29(25,26)17-8-7-16(28-17)19-22-21-18(27-19)13-5-6-13/h1-4,7-8,13H,5-6,9-12H2. The predicted octanol–water partition coefficient (Wildman–Crippen LogP) is 3.33. The zero-order valence-corrected chi connectivity index (χ0v) is 17.1. The van der Waals surface area contributed by atoms with Crippen LogP contribution in [0.15, 0.2) is 45.0 Å². The molecule has 3 heterocycles. The summed E-state index contributed by atoms with van der Waals surface area (Å²) in [5.41, 5.74) is 0.505. The van der Waals surface area contributed by atoms with E-state index in [1.165, 1.54) is 10.4 Å². The highest BCUT2D eigenvalue weighted by atomic mass is 32.2. The fourth-order valence-electron chi connectivity index (χ4n) is 3.41. The normalized spacial score (nSPS) is 18.3. The lowest BCUT2D eigenvalue weighted by atomic mass is 10.2. The Morgan fingerprint density at radius 3 is 2.52 bits per heavy atom. The average molecular weight is 435 g/mol. The van der Waals surface area contributed by atoms with E-state index in [0.29, 0.717) is 54.4 Å². The number of thiophene rings is 1. The second kappa shape index (κ2) is 7.19. The summed E-state index contributed by atoms with van der Waals surface area (Å²) >= 11 is 1.13. The summed E-state index contributed by atoms with van der Waals surface area (Å²) in [6, 6.07) is 9.84. The summed E-state index contributed by atoms with van der Waals surface area (Å²) in [6.45, 7) is 1.48.